The third kappa shape index (κ3) is 2.22. The van der Waals surface area contributed by atoms with Gasteiger partial charge in [0.2, 0.25) is 5.91 Å². The zero-order valence-corrected chi connectivity index (χ0v) is 11.4. The maximum atomic E-state index is 12.7. The molecule has 3 heteroatoms. The minimum Gasteiger partial charge on any atom is -0.508 e. The van der Waals surface area contributed by atoms with Gasteiger partial charge in [0.25, 0.3) is 0 Å². The van der Waals surface area contributed by atoms with Gasteiger partial charge in [0.15, 0.2) is 0 Å². The lowest BCUT2D eigenvalue weighted by Crippen LogP contribution is -2.32. The van der Waals surface area contributed by atoms with Gasteiger partial charge in [-0.25, -0.2) is 0 Å². The Morgan fingerprint density at radius 3 is 2.58 bits per heavy atom. The van der Waals surface area contributed by atoms with Gasteiger partial charge < -0.3 is 10.0 Å². The van der Waals surface area contributed by atoms with Crippen LogP contribution in [0.5, 0.6) is 5.75 Å². The third-order valence-corrected chi connectivity index (χ3v) is 4.67. The minimum absolute atomic E-state index is 0.219. The number of amides is 1. The van der Waals surface area contributed by atoms with Crippen LogP contribution in [-0.4, -0.2) is 17.6 Å². The first-order valence-corrected chi connectivity index (χ1v) is 7.32. The molecule has 1 aromatic rings. The Morgan fingerprint density at radius 2 is 2.00 bits per heavy atom. The molecular weight excluding hydrogens is 238 g/mol. The highest BCUT2D eigenvalue weighted by atomic mass is 16.3. The normalized spacial score (nSPS) is 28.6. The maximum Gasteiger partial charge on any atom is 0.230 e. The van der Waals surface area contributed by atoms with Crippen molar-refractivity contribution < 1.29 is 9.90 Å². The van der Waals surface area contributed by atoms with Crippen molar-refractivity contribution in [2.45, 2.75) is 32.6 Å². The van der Waals surface area contributed by atoms with Crippen LogP contribution in [0.2, 0.25) is 0 Å². The van der Waals surface area contributed by atoms with Gasteiger partial charge >= 0.3 is 0 Å². The second kappa shape index (κ2) is 4.87. The number of fused-ring (bicyclic) bond motifs is 1. The Labute approximate surface area is 114 Å². The summed E-state index contributed by atoms with van der Waals surface area (Å²) in [6.07, 6.45) is 5.00. The van der Waals surface area contributed by atoms with Gasteiger partial charge in [0.1, 0.15) is 5.75 Å². The Kier molecular flexibility index (Phi) is 3.21. The van der Waals surface area contributed by atoms with Gasteiger partial charge in [0, 0.05) is 24.2 Å². The highest BCUT2D eigenvalue weighted by Crippen LogP contribution is 2.56. The van der Waals surface area contributed by atoms with Crippen LogP contribution in [0.25, 0.3) is 0 Å². The molecule has 0 heterocycles. The summed E-state index contributed by atoms with van der Waals surface area (Å²) in [5.41, 5.74) is 0.816. The Hall–Kier alpha value is -1.51. The molecule has 0 aromatic heterocycles. The van der Waals surface area contributed by atoms with Gasteiger partial charge in [0.05, 0.1) is 0 Å². The molecular formula is C16H21NO2. The summed E-state index contributed by atoms with van der Waals surface area (Å²) >= 11 is 0. The molecule has 3 nitrogen and oxygen atoms in total. The first-order chi connectivity index (χ1) is 9.22. The number of hydrogen-bond donors (Lipinski definition) is 1. The monoisotopic (exact) mass is 259 g/mol. The molecule has 3 rings (SSSR count). The van der Waals surface area contributed by atoms with E-state index in [1.165, 1.54) is 25.7 Å². The molecule has 19 heavy (non-hydrogen) atoms. The fourth-order valence-electron chi connectivity index (χ4n) is 3.67. The van der Waals surface area contributed by atoms with Gasteiger partial charge in [-0.2, -0.15) is 0 Å². The van der Waals surface area contributed by atoms with Gasteiger partial charge in [-0.1, -0.05) is 18.9 Å². The van der Waals surface area contributed by atoms with Crippen LogP contribution >= 0.6 is 0 Å². The van der Waals surface area contributed by atoms with Crippen molar-refractivity contribution in [3.63, 3.8) is 0 Å². The van der Waals surface area contributed by atoms with Crippen molar-refractivity contribution in [3.8, 4) is 5.75 Å². The van der Waals surface area contributed by atoms with E-state index < -0.39 is 0 Å². The molecule has 0 spiro atoms. The van der Waals surface area contributed by atoms with Crippen LogP contribution in [-0.2, 0) is 4.79 Å². The molecule has 0 aliphatic heterocycles. The third-order valence-electron chi connectivity index (χ3n) is 4.67. The van der Waals surface area contributed by atoms with Crippen LogP contribution in [0.15, 0.2) is 24.3 Å². The van der Waals surface area contributed by atoms with Crippen molar-refractivity contribution in [1.29, 1.82) is 0 Å². The smallest absolute Gasteiger partial charge is 0.230 e. The largest absolute Gasteiger partial charge is 0.508 e. The summed E-state index contributed by atoms with van der Waals surface area (Å²) in [6.45, 7) is 2.66. The quantitative estimate of drug-likeness (QED) is 0.905. The van der Waals surface area contributed by atoms with E-state index in [4.69, 9.17) is 0 Å². The van der Waals surface area contributed by atoms with E-state index in [0.29, 0.717) is 18.4 Å². The topological polar surface area (TPSA) is 40.5 Å². The number of anilines is 1. The first-order valence-electron chi connectivity index (χ1n) is 7.32. The van der Waals surface area contributed by atoms with Crippen LogP contribution in [0.4, 0.5) is 5.69 Å². The Bertz CT molecular complexity index is 473. The van der Waals surface area contributed by atoms with Gasteiger partial charge in [-0.15, -0.1) is 0 Å². The predicted molar refractivity (Wildman–Crippen MR) is 75.1 cm³/mol. The average molecular weight is 259 g/mol. The number of hydrogen-bond acceptors (Lipinski definition) is 2. The van der Waals surface area contributed by atoms with Gasteiger partial charge in [-0.05, 0) is 43.7 Å². The molecule has 2 atom stereocenters. The number of phenolic OH excluding ortho intramolecular Hbond substituents is 1. The van der Waals surface area contributed by atoms with Crippen LogP contribution in [0, 0.1) is 17.8 Å². The second-order valence-electron chi connectivity index (χ2n) is 5.74. The first kappa shape index (κ1) is 12.5. The van der Waals surface area contributed by atoms with Crippen molar-refractivity contribution in [3.05, 3.63) is 24.3 Å². The Morgan fingerprint density at radius 1 is 1.32 bits per heavy atom. The predicted octanol–water partition coefficient (Wildman–Crippen LogP) is 3.18. The zero-order valence-electron chi connectivity index (χ0n) is 11.4. The molecule has 2 unspecified atom stereocenters. The zero-order chi connectivity index (χ0) is 13.4. The highest BCUT2D eigenvalue weighted by molar-refractivity contribution is 5.97. The standard InChI is InChI=1S/C16H21NO2/c1-2-17(11-6-5-7-12(18)10-11)16(19)15-13-8-3-4-9-14(13)15/h5-7,10,13-15,18H,2-4,8-9H2,1H3. The number of carbonyl (C=O) groups is 1. The molecule has 102 valence electrons. The lowest BCUT2D eigenvalue weighted by Gasteiger charge is -2.21. The van der Waals surface area contributed by atoms with E-state index in [9.17, 15) is 9.90 Å². The number of nitrogens with zero attached hydrogens (tertiary/aromatic N) is 1. The second-order valence-corrected chi connectivity index (χ2v) is 5.74. The van der Waals surface area contributed by atoms with E-state index in [-0.39, 0.29) is 17.6 Å². The van der Waals surface area contributed by atoms with Crippen LogP contribution in [0.1, 0.15) is 32.6 Å². The summed E-state index contributed by atoms with van der Waals surface area (Å²) in [5.74, 6) is 1.98. The summed E-state index contributed by atoms with van der Waals surface area (Å²) in [7, 11) is 0. The number of carbonyl (C=O) groups excluding carboxylic acids is 1. The molecule has 0 bridgehead atoms. The number of rotatable bonds is 3. The summed E-state index contributed by atoms with van der Waals surface area (Å²) in [5, 5.41) is 9.56. The summed E-state index contributed by atoms with van der Waals surface area (Å²) < 4.78 is 0. The molecule has 2 aliphatic rings. The number of phenols is 1. The lowest BCUT2D eigenvalue weighted by atomic mass is 10.0. The van der Waals surface area contributed by atoms with Crippen molar-refractivity contribution in [1.82, 2.24) is 0 Å². The van der Waals surface area contributed by atoms with Crippen molar-refractivity contribution >= 4 is 11.6 Å². The van der Waals surface area contributed by atoms with Crippen molar-refractivity contribution in [2.24, 2.45) is 17.8 Å². The molecule has 2 fully saturated rings. The SMILES string of the molecule is CCN(C(=O)C1C2CCCCC21)c1cccc(O)c1. The molecule has 1 N–H and O–H groups in total. The molecule has 0 radical (unpaired) electrons. The molecule has 0 saturated heterocycles. The molecule has 1 aromatic carbocycles. The summed E-state index contributed by atoms with van der Waals surface area (Å²) in [4.78, 5) is 14.5. The Balaban J connectivity index is 1.77. The molecule has 2 aliphatic carbocycles. The van der Waals surface area contributed by atoms with Crippen LogP contribution < -0.4 is 4.90 Å². The molecule has 1 amide bonds. The van der Waals surface area contributed by atoms with Crippen molar-refractivity contribution in [2.75, 3.05) is 11.4 Å². The van der Waals surface area contributed by atoms with E-state index in [1.54, 1.807) is 18.2 Å². The summed E-state index contributed by atoms with van der Waals surface area (Å²) in [6, 6.07) is 7.00. The molecule has 2 saturated carbocycles. The fraction of sp³-hybridized carbons (Fsp3) is 0.562. The fourth-order valence-corrected chi connectivity index (χ4v) is 3.67. The van der Waals surface area contributed by atoms with E-state index in [0.717, 1.165) is 5.69 Å². The number of aromatic hydroxyl groups is 1. The van der Waals surface area contributed by atoms with E-state index >= 15 is 0 Å². The highest BCUT2D eigenvalue weighted by Gasteiger charge is 2.55. The average Bonchev–Trinajstić information content (AvgIpc) is 3.13. The lowest BCUT2D eigenvalue weighted by molar-refractivity contribution is -0.120. The van der Waals surface area contributed by atoms with Crippen LogP contribution in [0.3, 0.4) is 0 Å². The van der Waals surface area contributed by atoms with Gasteiger partial charge in [-0.3, -0.25) is 4.79 Å². The minimum atomic E-state index is 0.219. The number of benzene rings is 1. The maximum absolute atomic E-state index is 12.7. The van der Waals surface area contributed by atoms with E-state index in [2.05, 4.69) is 0 Å². The van der Waals surface area contributed by atoms with E-state index in [1.807, 2.05) is 17.9 Å².